The summed E-state index contributed by atoms with van der Waals surface area (Å²) < 4.78 is 6.23. The molecule has 2 aromatic rings. The molecule has 0 atom stereocenters. The molecule has 1 heterocycles. The van der Waals surface area contributed by atoms with Crippen molar-refractivity contribution in [2.45, 2.75) is 0 Å². The highest BCUT2D eigenvalue weighted by atomic mass is 79.9. The van der Waals surface area contributed by atoms with Crippen LogP contribution in [0.4, 0.5) is 0 Å². The molecule has 0 aliphatic carbocycles. The minimum atomic E-state index is 0.203. The van der Waals surface area contributed by atoms with Gasteiger partial charge in [0.1, 0.15) is 10.9 Å². The van der Waals surface area contributed by atoms with Gasteiger partial charge in [0.2, 0.25) is 5.88 Å². The molecule has 0 saturated carbocycles. The Labute approximate surface area is 122 Å². The van der Waals surface area contributed by atoms with Crippen LogP contribution in [-0.4, -0.2) is 4.98 Å². The van der Waals surface area contributed by atoms with E-state index in [-0.39, 0.29) is 11.0 Å². The monoisotopic (exact) mass is 342 g/mol. The molecule has 18 heavy (non-hydrogen) atoms. The van der Waals surface area contributed by atoms with Crippen molar-refractivity contribution >= 4 is 39.1 Å². The Morgan fingerprint density at radius 1 is 1.22 bits per heavy atom. The largest absolute Gasteiger partial charge is 0.438 e. The smallest absolute Gasteiger partial charge is 0.222 e. The van der Waals surface area contributed by atoms with Gasteiger partial charge in [-0.1, -0.05) is 23.2 Å². The van der Waals surface area contributed by atoms with Crippen molar-refractivity contribution < 1.29 is 4.74 Å². The Hall–Kier alpha value is -1.28. The number of nitrogens with zero attached hydrogens (tertiary/aromatic N) is 2. The van der Waals surface area contributed by atoms with Crippen LogP contribution >= 0.6 is 39.1 Å². The molecule has 1 aromatic heterocycles. The molecule has 2 rings (SSSR count). The average molecular weight is 344 g/mol. The average Bonchev–Trinajstić information content (AvgIpc) is 2.32. The second kappa shape index (κ2) is 5.57. The fraction of sp³-hybridized carbons (Fsp3) is 0. The molecule has 1 aromatic carbocycles. The molecule has 6 heteroatoms. The molecule has 0 aliphatic rings. The van der Waals surface area contributed by atoms with Gasteiger partial charge in [0.15, 0.2) is 0 Å². The summed E-state index contributed by atoms with van der Waals surface area (Å²) in [5, 5.41) is 9.62. The lowest BCUT2D eigenvalue weighted by Crippen LogP contribution is -1.90. The fourth-order valence-corrected chi connectivity index (χ4v) is 2.22. The zero-order chi connectivity index (χ0) is 13.1. The van der Waals surface area contributed by atoms with Gasteiger partial charge in [0, 0.05) is 11.1 Å². The number of ether oxygens (including phenoxy) is 1. The Morgan fingerprint density at radius 3 is 2.67 bits per heavy atom. The predicted octanol–water partition coefficient (Wildman–Crippen LogP) is 4.81. The van der Waals surface area contributed by atoms with Crippen LogP contribution in [0.1, 0.15) is 5.56 Å². The van der Waals surface area contributed by atoms with E-state index in [1.54, 1.807) is 18.2 Å². The van der Waals surface area contributed by atoms with E-state index in [1.807, 2.05) is 6.07 Å². The zero-order valence-corrected chi connectivity index (χ0v) is 11.9. The second-order valence-corrected chi connectivity index (χ2v) is 4.98. The maximum Gasteiger partial charge on any atom is 0.222 e. The molecule has 3 nitrogen and oxygen atoms in total. The molecule has 90 valence electrons. The van der Waals surface area contributed by atoms with Crippen LogP contribution in [0.2, 0.25) is 10.2 Å². The standard InChI is InChI=1S/C12H5BrCl2N2O/c13-9-5-8(14)1-2-10(9)18-12-4-7(6-16)3-11(15)17-12/h1-5H. The number of pyridine rings is 1. The molecule has 0 aliphatic heterocycles. The Balaban J connectivity index is 2.34. The van der Waals surface area contributed by atoms with E-state index in [4.69, 9.17) is 33.2 Å². The van der Waals surface area contributed by atoms with E-state index in [9.17, 15) is 0 Å². The van der Waals surface area contributed by atoms with Crippen LogP contribution in [-0.2, 0) is 0 Å². The summed E-state index contributed by atoms with van der Waals surface area (Å²) in [5.41, 5.74) is 0.384. The zero-order valence-electron chi connectivity index (χ0n) is 8.82. The predicted molar refractivity (Wildman–Crippen MR) is 73.2 cm³/mol. The number of rotatable bonds is 2. The molecule has 0 saturated heterocycles. The van der Waals surface area contributed by atoms with E-state index in [0.29, 0.717) is 20.8 Å². The van der Waals surface area contributed by atoms with Crippen molar-refractivity contribution in [2.75, 3.05) is 0 Å². The van der Waals surface area contributed by atoms with Gasteiger partial charge in [-0.25, -0.2) is 4.98 Å². The van der Waals surface area contributed by atoms with Gasteiger partial charge in [-0.2, -0.15) is 5.26 Å². The van der Waals surface area contributed by atoms with Crippen molar-refractivity contribution in [3.05, 3.63) is 50.5 Å². The Bertz CT molecular complexity index is 640. The van der Waals surface area contributed by atoms with Crippen LogP contribution in [0.25, 0.3) is 0 Å². The summed E-state index contributed by atoms with van der Waals surface area (Å²) in [6, 6.07) is 10.0. The maximum absolute atomic E-state index is 8.82. The first-order chi connectivity index (χ1) is 8.58. The van der Waals surface area contributed by atoms with Crippen LogP contribution in [0, 0.1) is 11.3 Å². The summed E-state index contributed by atoms with van der Waals surface area (Å²) >= 11 is 14.9. The molecule has 0 N–H and O–H groups in total. The minimum absolute atomic E-state index is 0.203. The molecule has 0 amide bonds. The third-order valence-corrected chi connectivity index (χ3v) is 3.06. The van der Waals surface area contributed by atoms with Gasteiger partial charge < -0.3 is 4.74 Å². The number of benzene rings is 1. The summed E-state index contributed by atoms with van der Waals surface area (Å²) in [5.74, 6) is 0.792. The molecular formula is C12H5BrCl2N2O. The van der Waals surface area contributed by atoms with Gasteiger partial charge in [0.05, 0.1) is 16.1 Å². The van der Waals surface area contributed by atoms with Crippen molar-refractivity contribution in [2.24, 2.45) is 0 Å². The third kappa shape index (κ3) is 3.14. The molecular weight excluding hydrogens is 339 g/mol. The Kier molecular flexibility index (Phi) is 4.07. The summed E-state index contributed by atoms with van der Waals surface area (Å²) in [4.78, 5) is 3.98. The third-order valence-electron chi connectivity index (χ3n) is 2.01. The highest BCUT2D eigenvalue weighted by molar-refractivity contribution is 9.10. The van der Waals surface area contributed by atoms with Crippen molar-refractivity contribution in [1.29, 1.82) is 5.26 Å². The van der Waals surface area contributed by atoms with Gasteiger partial charge in [-0.15, -0.1) is 0 Å². The van der Waals surface area contributed by atoms with E-state index in [2.05, 4.69) is 20.9 Å². The summed E-state index contributed by atoms with van der Waals surface area (Å²) in [7, 11) is 0. The maximum atomic E-state index is 8.82. The first-order valence-corrected chi connectivity index (χ1v) is 6.34. The van der Waals surface area contributed by atoms with Gasteiger partial charge >= 0.3 is 0 Å². The van der Waals surface area contributed by atoms with Crippen molar-refractivity contribution in [3.63, 3.8) is 0 Å². The van der Waals surface area contributed by atoms with Gasteiger partial charge in [0.25, 0.3) is 0 Å². The minimum Gasteiger partial charge on any atom is -0.438 e. The fourth-order valence-electron chi connectivity index (χ4n) is 1.26. The van der Waals surface area contributed by atoms with Gasteiger partial charge in [-0.3, -0.25) is 0 Å². The highest BCUT2D eigenvalue weighted by Gasteiger charge is 2.07. The van der Waals surface area contributed by atoms with E-state index in [0.717, 1.165) is 0 Å². The molecule has 0 bridgehead atoms. The molecule has 0 fully saturated rings. The summed E-state index contributed by atoms with van der Waals surface area (Å²) in [6.45, 7) is 0. The molecule has 0 unspecified atom stereocenters. The van der Waals surface area contributed by atoms with E-state index < -0.39 is 0 Å². The van der Waals surface area contributed by atoms with Gasteiger partial charge in [-0.05, 0) is 40.2 Å². The molecule has 0 spiro atoms. The quantitative estimate of drug-likeness (QED) is 0.734. The lowest BCUT2D eigenvalue weighted by Gasteiger charge is -2.07. The lowest BCUT2D eigenvalue weighted by molar-refractivity contribution is 0.460. The lowest BCUT2D eigenvalue weighted by atomic mass is 10.3. The number of hydrogen-bond acceptors (Lipinski definition) is 3. The SMILES string of the molecule is N#Cc1cc(Cl)nc(Oc2ccc(Cl)cc2Br)c1. The first-order valence-electron chi connectivity index (χ1n) is 4.79. The van der Waals surface area contributed by atoms with E-state index in [1.165, 1.54) is 12.1 Å². The highest BCUT2D eigenvalue weighted by Crippen LogP contribution is 2.31. The van der Waals surface area contributed by atoms with Crippen LogP contribution < -0.4 is 4.74 Å². The first kappa shape index (κ1) is 13.2. The Morgan fingerprint density at radius 2 is 2.00 bits per heavy atom. The normalized spacial score (nSPS) is 9.89. The van der Waals surface area contributed by atoms with Crippen LogP contribution in [0.3, 0.4) is 0 Å². The van der Waals surface area contributed by atoms with Crippen LogP contribution in [0.5, 0.6) is 11.6 Å². The van der Waals surface area contributed by atoms with Crippen molar-refractivity contribution in [3.8, 4) is 17.7 Å². The molecule has 0 radical (unpaired) electrons. The second-order valence-electron chi connectivity index (χ2n) is 3.31. The summed E-state index contributed by atoms with van der Waals surface area (Å²) in [6.07, 6.45) is 0. The number of aromatic nitrogens is 1. The van der Waals surface area contributed by atoms with Crippen molar-refractivity contribution in [1.82, 2.24) is 4.98 Å². The van der Waals surface area contributed by atoms with E-state index >= 15 is 0 Å². The van der Waals surface area contributed by atoms with Crippen LogP contribution in [0.15, 0.2) is 34.8 Å². The number of nitriles is 1. The number of hydrogen-bond donors (Lipinski definition) is 0. The topological polar surface area (TPSA) is 45.9 Å². The number of halogens is 3.